The van der Waals surface area contributed by atoms with Crippen LogP contribution in [0.25, 0.3) is 0 Å². The van der Waals surface area contributed by atoms with Crippen molar-refractivity contribution in [2.45, 2.75) is 90.3 Å². The zero-order chi connectivity index (χ0) is 16.2. The Morgan fingerprint density at radius 3 is 2.00 bits per heavy atom. The van der Waals surface area contributed by atoms with Gasteiger partial charge < -0.3 is 9.47 Å². The van der Waals surface area contributed by atoms with Crippen molar-refractivity contribution >= 4 is 11.9 Å². The van der Waals surface area contributed by atoms with E-state index in [-0.39, 0.29) is 29.9 Å². The Labute approximate surface area is 133 Å². The van der Waals surface area contributed by atoms with Crippen LogP contribution in [0.3, 0.4) is 0 Å². The van der Waals surface area contributed by atoms with Gasteiger partial charge in [-0.25, -0.2) is 0 Å². The van der Waals surface area contributed by atoms with E-state index in [9.17, 15) is 9.59 Å². The Hall–Kier alpha value is -1.06. The second kappa shape index (κ2) is 7.47. The predicted octanol–water partition coefficient (Wildman–Crippen LogP) is 4.01. The van der Waals surface area contributed by atoms with Crippen LogP contribution >= 0.6 is 0 Å². The highest BCUT2D eigenvalue weighted by Gasteiger charge is 2.35. The summed E-state index contributed by atoms with van der Waals surface area (Å²) in [6.07, 6.45) is 8.79. The molecule has 2 atom stereocenters. The van der Waals surface area contributed by atoms with E-state index in [2.05, 4.69) is 0 Å². The van der Waals surface area contributed by atoms with Crippen LogP contribution < -0.4 is 0 Å². The van der Waals surface area contributed by atoms with E-state index < -0.39 is 5.60 Å². The molecule has 2 saturated carbocycles. The maximum Gasteiger partial charge on any atom is 0.309 e. The van der Waals surface area contributed by atoms with Crippen LogP contribution in [-0.2, 0) is 19.1 Å². The highest BCUT2D eigenvalue weighted by atomic mass is 16.6. The average molecular weight is 310 g/mol. The van der Waals surface area contributed by atoms with Gasteiger partial charge in [-0.2, -0.15) is 0 Å². The second-order valence-electron chi connectivity index (χ2n) is 7.79. The molecule has 0 aromatic carbocycles. The standard InChI is InChI=1S/C18H30O4/c1-18(2,3)22-17(20)14-9-7-8-13(12-14)16(19)21-15-10-5-4-6-11-15/h13-15H,4-12H2,1-3H3. The highest BCUT2D eigenvalue weighted by Crippen LogP contribution is 2.32. The molecule has 126 valence electrons. The molecular formula is C18H30O4. The van der Waals surface area contributed by atoms with Gasteiger partial charge in [0.05, 0.1) is 11.8 Å². The van der Waals surface area contributed by atoms with E-state index in [0.29, 0.717) is 6.42 Å². The van der Waals surface area contributed by atoms with E-state index in [1.54, 1.807) is 0 Å². The molecule has 2 unspecified atom stereocenters. The molecule has 0 bridgehead atoms. The largest absolute Gasteiger partial charge is 0.462 e. The molecule has 4 heteroatoms. The van der Waals surface area contributed by atoms with Crippen molar-refractivity contribution in [3.05, 3.63) is 0 Å². The van der Waals surface area contributed by atoms with E-state index in [1.807, 2.05) is 20.8 Å². The molecule has 0 radical (unpaired) electrons. The van der Waals surface area contributed by atoms with Crippen LogP contribution in [0.1, 0.15) is 78.6 Å². The lowest BCUT2D eigenvalue weighted by Crippen LogP contribution is -2.34. The lowest BCUT2D eigenvalue weighted by Gasteiger charge is -2.30. The molecular weight excluding hydrogens is 280 g/mol. The van der Waals surface area contributed by atoms with Gasteiger partial charge in [0.1, 0.15) is 11.7 Å². The molecule has 2 aliphatic rings. The summed E-state index contributed by atoms with van der Waals surface area (Å²) >= 11 is 0. The predicted molar refractivity (Wildman–Crippen MR) is 84.3 cm³/mol. The Morgan fingerprint density at radius 2 is 1.41 bits per heavy atom. The average Bonchev–Trinajstić information content (AvgIpc) is 2.46. The van der Waals surface area contributed by atoms with Crippen LogP contribution in [0.15, 0.2) is 0 Å². The molecule has 0 aromatic heterocycles. The van der Waals surface area contributed by atoms with Crippen LogP contribution in [0.5, 0.6) is 0 Å². The molecule has 0 aliphatic heterocycles. The first kappa shape index (κ1) is 17.3. The third-order valence-electron chi connectivity index (χ3n) is 4.58. The van der Waals surface area contributed by atoms with Crippen molar-refractivity contribution in [2.24, 2.45) is 11.8 Å². The van der Waals surface area contributed by atoms with E-state index in [4.69, 9.17) is 9.47 Å². The number of ether oxygens (including phenoxy) is 2. The molecule has 0 N–H and O–H groups in total. The summed E-state index contributed by atoms with van der Waals surface area (Å²) < 4.78 is 11.1. The van der Waals surface area contributed by atoms with Crippen LogP contribution in [0.4, 0.5) is 0 Å². The SMILES string of the molecule is CC(C)(C)OC(=O)C1CCCC(C(=O)OC2CCCCC2)C1. The first-order valence-corrected chi connectivity index (χ1v) is 8.78. The smallest absolute Gasteiger partial charge is 0.309 e. The van der Waals surface area contributed by atoms with Gasteiger partial charge in [0.2, 0.25) is 0 Å². The van der Waals surface area contributed by atoms with E-state index >= 15 is 0 Å². The summed E-state index contributed by atoms with van der Waals surface area (Å²) in [5, 5.41) is 0. The van der Waals surface area contributed by atoms with Gasteiger partial charge in [0.15, 0.2) is 0 Å². The van der Waals surface area contributed by atoms with Gasteiger partial charge in [-0.1, -0.05) is 12.8 Å². The summed E-state index contributed by atoms with van der Waals surface area (Å²) in [4.78, 5) is 24.5. The summed E-state index contributed by atoms with van der Waals surface area (Å²) in [7, 11) is 0. The Kier molecular flexibility index (Phi) is 5.87. The maximum atomic E-state index is 12.3. The van der Waals surface area contributed by atoms with Crippen molar-refractivity contribution in [2.75, 3.05) is 0 Å². The fraction of sp³-hybridized carbons (Fsp3) is 0.889. The number of rotatable bonds is 3. The number of hydrogen-bond donors (Lipinski definition) is 0. The minimum Gasteiger partial charge on any atom is -0.462 e. The number of carbonyl (C=O) groups excluding carboxylic acids is 2. The molecule has 2 aliphatic carbocycles. The Balaban J connectivity index is 1.84. The van der Waals surface area contributed by atoms with Gasteiger partial charge in [-0.15, -0.1) is 0 Å². The van der Waals surface area contributed by atoms with Crippen LogP contribution in [-0.4, -0.2) is 23.6 Å². The molecule has 0 heterocycles. The number of hydrogen-bond acceptors (Lipinski definition) is 4. The summed E-state index contributed by atoms with van der Waals surface area (Å²) in [5.74, 6) is -0.548. The zero-order valence-electron chi connectivity index (χ0n) is 14.2. The molecule has 22 heavy (non-hydrogen) atoms. The molecule has 4 nitrogen and oxygen atoms in total. The molecule has 0 saturated heterocycles. The van der Waals surface area contributed by atoms with Crippen LogP contribution in [0.2, 0.25) is 0 Å². The second-order valence-corrected chi connectivity index (χ2v) is 7.79. The number of carbonyl (C=O) groups is 2. The minimum atomic E-state index is -0.466. The summed E-state index contributed by atoms with van der Waals surface area (Å²) in [6.45, 7) is 5.63. The highest BCUT2D eigenvalue weighted by molar-refractivity contribution is 5.76. The Bertz CT molecular complexity index is 390. The van der Waals surface area contributed by atoms with Gasteiger partial charge in [0, 0.05) is 0 Å². The van der Waals surface area contributed by atoms with Crippen molar-refractivity contribution in [1.29, 1.82) is 0 Å². The molecule has 0 spiro atoms. The topological polar surface area (TPSA) is 52.6 Å². The fourth-order valence-corrected chi connectivity index (χ4v) is 3.45. The first-order chi connectivity index (χ1) is 10.3. The van der Waals surface area contributed by atoms with Crippen molar-refractivity contribution < 1.29 is 19.1 Å². The van der Waals surface area contributed by atoms with E-state index in [0.717, 1.165) is 44.9 Å². The van der Waals surface area contributed by atoms with Crippen molar-refractivity contribution in [1.82, 2.24) is 0 Å². The molecule has 0 amide bonds. The Morgan fingerprint density at radius 1 is 0.818 bits per heavy atom. The third-order valence-corrected chi connectivity index (χ3v) is 4.58. The first-order valence-electron chi connectivity index (χ1n) is 8.78. The monoisotopic (exact) mass is 310 g/mol. The van der Waals surface area contributed by atoms with Crippen LogP contribution in [0, 0.1) is 11.8 Å². The van der Waals surface area contributed by atoms with Crippen molar-refractivity contribution in [3.8, 4) is 0 Å². The number of esters is 2. The fourth-order valence-electron chi connectivity index (χ4n) is 3.45. The summed E-state index contributed by atoms with van der Waals surface area (Å²) in [6, 6.07) is 0. The van der Waals surface area contributed by atoms with Gasteiger partial charge in [-0.3, -0.25) is 9.59 Å². The third kappa shape index (κ3) is 5.29. The quantitative estimate of drug-likeness (QED) is 0.739. The van der Waals surface area contributed by atoms with Gasteiger partial charge >= 0.3 is 11.9 Å². The van der Waals surface area contributed by atoms with E-state index in [1.165, 1.54) is 6.42 Å². The molecule has 2 fully saturated rings. The molecule has 0 aromatic rings. The lowest BCUT2D eigenvalue weighted by molar-refractivity contribution is -0.164. The van der Waals surface area contributed by atoms with Crippen molar-refractivity contribution in [3.63, 3.8) is 0 Å². The van der Waals surface area contributed by atoms with Gasteiger partial charge in [0.25, 0.3) is 0 Å². The maximum absolute atomic E-state index is 12.3. The molecule has 2 rings (SSSR count). The zero-order valence-corrected chi connectivity index (χ0v) is 14.2. The summed E-state index contributed by atoms with van der Waals surface area (Å²) in [5.41, 5.74) is -0.466. The minimum absolute atomic E-state index is 0.0971. The lowest BCUT2D eigenvalue weighted by atomic mass is 9.81. The normalized spacial score (nSPS) is 27.2. The van der Waals surface area contributed by atoms with Gasteiger partial charge in [-0.05, 0) is 65.7 Å².